The van der Waals surface area contributed by atoms with Crippen LogP contribution < -0.4 is 4.90 Å². The van der Waals surface area contributed by atoms with Gasteiger partial charge < -0.3 is 9.42 Å². The third kappa shape index (κ3) is 3.60. The van der Waals surface area contributed by atoms with Gasteiger partial charge in [-0.1, -0.05) is 5.16 Å². The van der Waals surface area contributed by atoms with Gasteiger partial charge in [-0.2, -0.15) is 18.2 Å². The van der Waals surface area contributed by atoms with E-state index >= 15 is 0 Å². The van der Waals surface area contributed by atoms with Crippen molar-refractivity contribution in [3.8, 4) is 0 Å². The Morgan fingerprint density at radius 1 is 1.15 bits per heavy atom. The maximum atomic E-state index is 13.2. The molecule has 2 aliphatic rings. The predicted molar refractivity (Wildman–Crippen MR) is 88.6 cm³/mol. The van der Waals surface area contributed by atoms with Gasteiger partial charge in [-0.15, -0.1) is 0 Å². The van der Waals surface area contributed by atoms with Gasteiger partial charge in [0.05, 0.1) is 4.92 Å². The second-order valence-corrected chi connectivity index (χ2v) is 6.98. The summed E-state index contributed by atoms with van der Waals surface area (Å²) in [4.78, 5) is 16.1. The molecule has 1 aromatic heterocycles. The summed E-state index contributed by atoms with van der Waals surface area (Å²) in [5, 5.41) is 14.9. The highest BCUT2D eigenvalue weighted by atomic mass is 19.4. The number of alkyl halides is 3. The maximum Gasteiger partial charge on any atom is 0.423 e. The SMILES string of the molecule is O=[N+]([O-])c1ccc(N2CCC(c3noc(C4CC4)n3)CC2)cc1C(F)(F)F. The quantitative estimate of drug-likeness (QED) is 0.580. The van der Waals surface area contributed by atoms with Crippen LogP contribution in [-0.2, 0) is 6.18 Å². The highest BCUT2D eigenvalue weighted by molar-refractivity contribution is 5.57. The van der Waals surface area contributed by atoms with Crippen molar-refractivity contribution < 1.29 is 22.6 Å². The van der Waals surface area contributed by atoms with E-state index in [2.05, 4.69) is 10.1 Å². The molecule has 4 rings (SSSR count). The second-order valence-electron chi connectivity index (χ2n) is 6.98. The number of nitrogens with zero attached hydrogens (tertiary/aromatic N) is 4. The van der Waals surface area contributed by atoms with E-state index in [9.17, 15) is 23.3 Å². The Labute approximate surface area is 152 Å². The number of hydrogen-bond acceptors (Lipinski definition) is 6. The van der Waals surface area contributed by atoms with Crippen LogP contribution in [0.4, 0.5) is 24.5 Å². The van der Waals surface area contributed by atoms with Gasteiger partial charge in [0, 0.05) is 36.7 Å². The van der Waals surface area contributed by atoms with E-state index in [0.29, 0.717) is 49.3 Å². The molecule has 144 valence electrons. The standard InChI is InChI=1S/C17H17F3N4O3/c18-17(19,20)13-9-12(3-4-14(13)24(25)26)23-7-5-10(6-8-23)15-21-16(27-22-15)11-1-2-11/h3-4,9-11H,1-2,5-8H2. The lowest BCUT2D eigenvalue weighted by atomic mass is 9.95. The van der Waals surface area contributed by atoms with E-state index in [1.54, 1.807) is 4.90 Å². The van der Waals surface area contributed by atoms with Gasteiger partial charge >= 0.3 is 6.18 Å². The number of hydrogen-bond donors (Lipinski definition) is 0. The number of benzene rings is 1. The molecule has 0 N–H and O–H groups in total. The van der Waals surface area contributed by atoms with Crippen LogP contribution >= 0.6 is 0 Å². The molecule has 2 aromatic rings. The molecule has 10 heteroatoms. The third-order valence-corrected chi connectivity index (χ3v) is 5.09. The largest absolute Gasteiger partial charge is 0.423 e. The minimum atomic E-state index is -4.78. The van der Waals surface area contributed by atoms with Crippen LogP contribution in [0, 0.1) is 10.1 Å². The van der Waals surface area contributed by atoms with Crippen molar-refractivity contribution in [2.24, 2.45) is 0 Å². The van der Waals surface area contributed by atoms with E-state index in [1.165, 1.54) is 6.07 Å². The van der Waals surface area contributed by atoms with E-state index in [1.807, 2.05) is 0 Å². The molecule has 1 saturated carbocycles. The van der Waals surface area contributed by atoms with Crippen molar-refractivity contribution in [1.82, 2.24) is 10.1 Å². The first-order valence-electron chi connectivity index (χ1n) is 8.77. The number of anilines is 1. The molecule has 0 bridgehead atoms. The molecule has 1 aromatic carbocycles. The number of rotatable bonds is 4. The summed E-state index contributed by atoms with van der Waals surface area (Å²) in [5.41, 5.74) is -1.82. The minimum absolute atomic E-state index is 0.109. The van der Waals surface area contributed by atoms with Gasteiger partial charge in [0.15, 0.2) is 5.82 Å². The Balaban J connectivity index is 1.48. The summed E-state index contributed by atoms with van der Waals surface area (Å²) >= 11 is 0. The first-order valence-corrected chi connectivity index (χ1v) is 8.77. The average molecular weight is 382 g/mol. The Morgan fingerprint density at radius 2 is 1.85 bits per heavy atom. The van der Waals surface area contributed by atoms with Crippen LogP contribution in [0.2, 0.25) is 0 Å². The fraction of sp³-hybridized carbons (Fsp3) is 0.529. The van der Waals surface area contributed by atoms with Gasteiger partial charge in [0.2, 0.25) is 5.89 Å². The normalized spacial score (nSPS) is 18.7. The van der Waals surface area contributed by atoms with Crippen LogP contribution in [0.15, 0.2) is 22.7 Å². The van der Waals surface area contributed by atoms with Crippen LogP contribution in [0.5, 0.6) is 0 Å². The summed E-state index contributed by atoms with van der Waals surface area (Å²) in [6, 6.07) is 3.15. The summed E-state index contributed by atoms with van der Waals surface area (Å²) in [6.45, 7) is 1.04. The number of nitro benzene ring substituents is 1. The van der Waals surface area contributed by atoms with E-state index in [0.717, 1.165) is 25.0 Å². The maximum absolute atomic E-state index is 13.2. The fourth-order valence-corrected chi connectivity index (χ4v) is 3.41. The second kappa shape index (κ2) is 6.50. The van der Waals surface area contributed by atoms with Gasteiger partial charge in [-0.05, 0) is 37.8 Å². The van der Waals surface area contributed by atoms with Gasteiger partial charge in [-0.3, -0.25) is 10.1 Å². The minimum Gasteiger partial charge on any atom is -0.371 e. The van der Waals surface area contributed by atoms with Gasteiger partial charge in [0.1, 0.15) is 5.56 Å². The summed E-state index contributed by atoms with van der Waals surface area (Å²) < 4.78 is 44.8. The Bertz CT molecular complexity index is 855. The first kappa shape index (κ1) is 17.7. The Hall–Kier alpha value is -2.65. The van der Waals surface area contributed by atoms with Gasteiger partial charge in [0.25, 0.3) is 5.69 Å². The molecular formula is C17H17F3N4O3. The molecule has 1 saturated heterocycles. The first-order chi connectivity index (χ1) is 12.8. The van der Waals surface area contributed by atoms with Crippen molar-refractivity contribution in [2.45, 2.75) is 43.7 Å². The smallest absolute Gasteiger partial charge is 0.371 e. The van der Waals surface area contributed by atoms with Crippen molar-refractivity contribution in [2.75, 3.05) is 18.0 Å². The molecule has 0 atom stereocenters. The average Bonchev–Trinajstić information content (AvgIpc) is 3.37. The van der Waals surface area contributed by atoms with Crippen molar-refractivity contribution in [3.05, 3.63) is 45.6 Å². The lowest BCUT2D eigenvalue weighted by molar-refractivity contribution is -0.388. The molecule has 0 amide bonds. The van der Waals surface area contributed by atoms with Crippen molar-refractivity contribution >= 4 is 11.4 Å². The zero-order valence-electron chi connectivity index (χ0n) is 14.3. The zero-order valence-corrected chi connectivity index (χ0v) is 14.3. The molecule has 7 nitrogen and oxygen atoms in total. The van der Waals surface area contributed by atoms with E-state index in [-0.39, 0.29) is 5.92 Å². The number of aromatic nitrogens is 2. The Morgan fingerprint density at radius 3 is 2.44 bits per heavy atom. The molecular weight excluding hydrogens is 365 g/mol. The van der Waals surface area contributed by atoms with Crippen LogP contribution in [0.25, 0.3) is 0 Å². The molecule has 0 radical (unpaired) electrons. The topological polar surface area (TPSA) is 85.3 Å². The van der Waals surface area contributed by atoms with Crippen molar-refractivity contribution in [1.29, 1.82) is 0 Å². The summed E-state index contributed by atoms with van der Waals surface area (Å²) in [6.07, 6.45) is -1.27. The monoisotopic (exact) mass is 382 g/mol. The predicted octanol–water partition coefficient (Wildman–Crippen LogP) is 4.26. The van der Waals surface area contributed by atoms with E-state index in [4.69, 9.17) is 4.52 Å². The van der Waals surface area contributed by atoms with Gasteiger partial charge in [-0.25, -0.2) is 0 Å². The fourth-order valence-electron chi connectivity index (χ4n) is 3.41. The lowest BCUT2D eigenvalue weighted by Gasteiger charge is -2.32. The number of nitro groups is 1. The zero-order chi connectivity index (χ0) is 19.2. The van der Waals surface area contributed by atoms with E-state index < -0.39 is 22.4 Å². The highest BCUT2D eigenvalue weighted by Crippen LogP contribution is 2.41. The molecule has 2 fully saturated rings. The molecule has 2 heterocycles. The lowest BCUT2D eigenvalue weighted by Crippen LogP contribution is -2.33. The molecule has 1 aliphatic carbocycles. The summed E-state index contributed by atoms with van der Waals surface area (Å²) in [5.74, 6) is 1.83. The Kier molecular flexibility index (Phi) is 4.27. The molecule has 0 unspecified atom stereocenters. The molecule has 1 aliphatic heterocycles. The van der Waals surface area contributed by atoms with Crippen LogP contribution in [0.3, 0.4) is 0 Å². The van der Waals surface area contributed by atoms with Crippen LogP contribution in [0.1, 0.15) is 54.8 Å². The summed E-state index contributed by atoms with van der Waals surface area (Å²) in [7, 11) is 0. The highest BCUT2D eigenvalue weighted by Gasteiger charge is 2.39. The third-order valence-electron chi connectivity index (χ3n) is 5.09. The molecule has 27 heavy (non-hydrogen) atoms. The number of piperidine rings is 1. The number of halogens is 3. The molecule has 0 spiro atoms. The van der Waals surface area contributed by atoms with Crippen LogP contribution in [-0.4, -0.2) is 28.2 Å². The van der Waals surface area contributed by atoms with Crippen molar-refractivity contribution in [3.63, 3.8) is 0 Å².